The van der Waals surface area contributed by atoms with Crippen molar-refractivity contribution in [2.75, 3.05) is 26.8 Å². The van der Waals surface area contributed by atoms with E-state index in [2.05, 4.69) is 158 Å². The monoisotopic (exact) mass is 1040 g/mol. The summed E-state index contributed by atoms with van der Waals surface area (Å²) in [5.41, 5.74) is 16.5. The van der Waals surface area contributed by atoms with Crippen molar-refractivity contribution >= 4 is 38.8 Å². The van der Waals surface area contributed by atoms with Crippen molar-refractivity contribution in [3.8, 4) is 0 Å². The summed E-state index contributed by atoms with van der Waals surface area (Å²) in [4.78, 5) is 35.4. The zero-order chi connectivity index (χ0) is 55.3. The van der Waals surface area contributed by atoms with Crippen LogP contribution in [0.25, 0.3) is 5.70 Å². The number of oxime groups is 1. The predicted molar refractivity (Wildman–Crippen MR) is 314 cm³/mol. The van der Waals surface area contributed by atoms with Crippen molar-refractivity contribution in [2.24, 2.45) is 68.6 Å². The SMILES string of the molecule is C=CO/N=C(\C)C1CC1C.CC.CC.CCCN(C=O)C1(C)C(C)C2C1C1CC12n1ccn(/C(C)=C(/C(CC/C=C/C2C[C@@](C)(C3CCOCC3)C=CC2N)=NC)[C@H](C)NC=O)c1=P.Cc1cc(C)c(C)c(C)c1. The van der Waals surface area contributed by atoms with E-state index in [0.29, 0.717) is 41.4 Å². The standard InChI is InChI=1S/C40H61N6O3P.C10H14.C8H13NO.2C2H6/c1-8-17-44(25-48)39(6)26(2)35-36(39)31-23-40(31,35)46-19-18-45(37(46)50)28(4)34(27(3)43-24-47)33(42-7)12-10-9-11-29-22-38(5,16-13-32(29)41)30-14-20-49-21-15-30;1-7-5-8(2)10(4)9(3)6-7;1-4-10-9-7(3)8-5-6(8)2;2*1-2/h9,11,13,16,18-19,24-27,29-32,35-36,50H,8,10,12,14-15,17,20-23,41H2,1-7H3,(H,43,47);5-6H,1-4H3;4,6,8H,1,5H2,2-3H3;2*1-2H3/b11-9+,34-28+,42-33?;;9-7+;;/t26?,27-,29?,31?,32?,35?,36?,38-,39?,40?;;;;/m0..../s1. The van der Waals surface area contributed by atoms with Gasteiger partial charge in [0.1, 0.15) is 11.5 Å². The van der Waals surface area contributed by atoms with Gasteiger partial charge in [-0.1, -0.05) is 118 Å². The Bertz CT molecular complexity index is 2380. The number of carbonyl (C=O) groups excluding carboxylic acids is 2. The van der Waals surface area contributed by atoms with Crippen LogP contribution in [0.5, 0.6) is 0 Å². The molecule has 0 radical (unpaired) electrons. The van der Waals surface area contributed by atoms with Gasteiger partial charge in [-0.05, 0) is 170 Å². The van der Waals surface area contributed by atoms with Crippen molar-refractivity contribution < 1.29 is 19.2 Å². The van der Waals surface area contributed by atoms with E-state index in [1.165, 1.54) is 34.9 Å². The van der Waals surface area contributed by atoms with E-state index in [0.717, 1.165) is 111 Å². The van der Waals surface area contributed by atoms with Crippen LogP contribution in [0.2, 0.25) is 0 Å². The summed E-state index contributed by atoms with van der Waals surface area (Å²) in [5.74, 6) is 4.50. The first kappa shape index (κ1) is 62.2. The molecule has 5 fully saturated rings. The second kappa shape index (κ2) is 27.6. The molecule has 4 saturated carbocycles. The third-order valence-electron chi connectivity index (χ3n) is 18.1. The number of rotatable bonds is 18. The predicted octanol–water partition coefficient (Wildman–Crippen LogP) is 13.5. The van der Waals surface area contributed by atoms with E-state index >= 15 is 0 Å². The molecule has 412 valence electrons. The number of aliphatic imine (C=N–C) groups is 1. The molecule has 2 amide bonds. The van der Waals surface area contributed by atoms with Crippen LogP contribution in [0.1, 0.15) is 157 Å². The fraction of sp³-hybridized carbons (Fsp3) is 0.661. The first-order chi connectivity index (χ1) is 35.3. The van der Waals surface area contributed by atoms with E-state index < -0.39 is 0 Å². The molecule has 1 aliphatic heterocycles. The maximum absolute atomic E-state index is 12.1. The van der Waals surface area contributed by atoms with Gasteiger partial charge < -0.3 is 34.7 Å². The molecule has 0 spiro atoms. The van der Waals surface area contributed by atoms with Crippen LogP contribution in [0, 0.1) is 85.7 Å². The number of amides is 2. The molecule has 2 aromatic rings. The Kier molecular flexibility index (Phi) is 23.3. The van der Waals surface area contributed by atoms with Crippen molar-refractivity contribution in [1.29, 1.82) is 0 Å². The van der Waals surface area contributed by atoms with Crippen molar-refractivity contribution in [1.82, 2.24) is 19.4 Å². The van der Waals surface area contributed by atoms with E-state index in [-0.39, 0.29) is 28.6 Å². The molecule has 3 N–H and O–H groups in total. The quantitative estimate of drug-likeness (QED) is 0.0384. The Morgan fingerprint density at radius 2 is 1.68 bits per heavy atom. The molecule has 5 aliphatic carbocycles. The molecule has 8 rings (SSSR count). The first-order valence-corrected chi connectivity index (χ1v) is 28.8. The van der Waals surface area contributed by atoms with Gasteiger partial charge >= 0.3 is 0 Å². The average molecular weight is 1040 g/mol. The molecule has 10 unspecified atom stereocenters. The Morgan fingerprint density at radius 3 is 2.23 bits per heavy atom. The number of allylic oxidation sites excluding steroid dienone is 3. The molecule has 74 heavy (non-hydrogen) atoms. The van der Waals surface area contributed by atoms with Crippen LogP contribution >= 0.6 is 8.86 Å². The second-order valence-corrected chi connectivity index (χ2v) is 22.7. The summed E-state index contributed by atoms with van der Waals surface area (Å²) < 4.78 is 10.3. The number of ether oxygens (including phenoxy) is 1. The zero-order valence-electron chi connectivity index (χ0n) is 49.1. The van der Waals surface area contributed by atoms with E-state index in [4.69, 9.17) is 20.3 Å². The van der Waals surface area contributed by atoms with Crippen LogP contribution in [0.4, 0.5) is 0 Å². The smallest absolute Gasteiger partial charge is 0.210 e. The number of carbonyl (C=O) groups is 2. The summed E-state index contributed by atoms with van der Waals surface area (Å²) in [6.07, 6.45) is 25.0. The molecular weight excluding hydrogens is 938 g/mol. The highest BCUT2D eigenvalue weighted by atomic mass is 31.0. The molecule has 12 atom stereocenters. The highest BCUT2D eigenvalue weighted by Crippen LogP contribution is 2.83. The lowest BCUT2D eigenvalue weighted by atomic mass is 9.41. The molecule has 6 aliphatic rings. The Hall–Kier alpha value is -4.31. The lowest BCUT2D eigenvalue weighted by Crippen LogP contribution is -2.77. The average Bonchev–Trinajstić information content (AvgIpc) is 4.24. The van der Waals surface area contributed by atoms with Gasteiger partial charge in [0.05, 0.1) is 17.3 Å². The normalized spacial score (nSPS) is 31.2. The molecule has 1 aromatic carbocycles. The lowest BCUT2D eigenvalue weighted by molar-refractivity contribution is -0.216. The number of benzene rings is 1. The van der Waals surface area contributed by atoms with Gasteiger partial charge in [0.2, 0.25) is 12.8 Å². The maximum Gasteiger partial charge on any atom is 0.210 e. The summed E-state index contributed by atoms with van der Waals surface area (Å²) in [5, 5.41) is 7.87. The number of nitrogens with one attached hydrogen (secondary N) is 1. The van der Waals surface area contributed by atoms with Crippen LogP contribution in [-0.2, 0) is 24.7 Å². The minimum absolute atomic E-state index is 0.0269. The van der Waals surface area contributed by atoms with Gasteiger partial charge in [-0.15, -0.1) is 0 Å². The van der Waals surface area contributed by atoms with Gasteiger partial charge in [0.25, 0.3) is 0 Å². The van der Waals surface area contributed by atoms with Gasteiger partial charge in [0, 0.05) is 73.7 Å². The number of fused-ring (bicyclic) bond motifs is 4. The number of hydrogen-bond acceptors (Lipinski definition) is 7. The third-order valence-corrected chi connectivity index (χ3v) is 18.5. The minimum atomic E-state index is -0.214. The van der Waals surface area contributed by atoms with Gasteiger partial charge in [0.15, 0.2) is 0 Å². The number of aryl methyl sites for hydroxylation is 3. The molecular formula is C62H100N7O4P. The van der Waals surface area contributed by atoms with E-state index in [1.807, 2.05) is 48.6 Å². The van der Waals surface area contributed by atoms with Crippen molar-refractivity contribution in [3.05, 3.63) is 94.7 Å². The number of nitrogens with two attached hydrogens (primary N) is 1. The molecule has 12 heteroatoms. The number of imidazole rings is 1. The minimum Gasteiger partial charge on any atom is -0.381 e. The van der Waals surface area contributed by atoms with Crippen LogP contribution < -0.4 is 11.1 Å². The molecule has 2 heterocycles. The number of aromatic nitrogens is 2. The van der Waals surface area contributed by atoms with Crippen LogP contribution in [0.3, 0.4) is 0 Å². The van der Waals surface area contributed by atoms with Gasteiger partial charge in [-0.3, -0.25) is 14.6 Å². The maximum atomic E-state index is 12.1. The lowest BCUT2D eigenvalue weighted by Gasteiger charge is -2.70. The van der Waals surface area contributed by atoms with Crippen LogP contribution in [0.15, 0.2) is 77.4 Å². The first-order valence-electron chi connectivity index (χ1n) is 28.3. The van der Waals surface area contributed by atoms with Crippen molar-refractivity contribution in [2.45, 2.75) is 185 Å². The highest BCUT2D eigenvalue weighted by molar-refractivity contribution is 7.06. The van der Waals surface area contributed by atoms with Crippen LogP contribution in [-0.4, -0.2) is 82.7 Å². The number of hydrogen-bond donors (Lipinski definition) is 2. The zero-order valence-corrected chi connectivity index (χ0v) is 50.1. The summed E-state index contributed by atoms with van der Waals surface area (Å²) >= 11 is 0. The topological polar surface area (TPSA) is 128 Å². The Balaban J connectivity index is 0.000000405. The van der Waals surface area contributed by atoms with Crippen molar-refractivity contribution in [3.63, 3.8) is 0 Å². The molecule has 11 nitrogen and oxygen atoms in total. The second-order valence-electron chi connectivity index (χ2n) is 22.2. The van der Waals surface area contributed by atoms with Gasteiger partial charge in [-0.25, -0.2) is 0 Å². The fourth-order valence-corrected chi connectivity index (χ4v) is 14.0. The fourth-order valence-electron chi connectivity index (χ4n) is 13.5. The summed E-state index contributed by atoms with van der Waals surface area (Å²) in [6.45, 7) is 40.1. The summed E-state index contributed by atoms with van der Waals surface area (Å²) in [7, 11) is 5.93. The van der Waals surface area contributed by atoms with Gasteiger partial charge in [-0.2, -0.15) is 0 Å². The number of nitrogens with zero attached hydrogens (tertiary/aromatic N) is 5. The molecule has 1 saturated heterocycles. The van der Waals surface area contributed by atoms with E-state index in [9.17, 15) is 9.59 Å². The Labute approximate surface area is 450 Å². The molecule has 0 bridgehead atoms. The highest BCUT2D eigenvalue weighted by Gasteiger charge is 2.86. The summed E-state index contributed by atoms with van der Waals surface area (Å²) in [6, 6.07) is 4.26. The Morgan fingerprint density at radius 1 is 1.04 bits per heavy atom. The van der Waals surface area contributed by atoms with E-state index in [1.54, 1.807) is 0 Å². The largest absolute Gasteiger partial charge is 0.381 e. The third kappa shape index (κ3) is 13.1. The molecule has 1 aromatic heterocycles.